The average molecular weight is 333 g/mol. The third kappa shape index (κ3) is 3.11. The maximum atomic E-state index is 12.9. The molecular weight excluding hydrogens is 308 g/mol. The molecule has 1 aliphatic rings. The lowest BCUT2D eigenvalue weighted by molar-refractivity contribution is 0.360. The van der Waals surface area contributed by atoms with Crippen LogP contribution in [0.15, 0.2) is 4.90 Å². The zero-order chi connectivity index (χ0) is 15.1. The van der Waals surface area contributed by atoms with Gasteiger partial charge in [-0.3, -0.25) is 0 Å². The molecule has 0 spiro atoms. The molecule has 1 saturated heterocycles. The number of benzene rings is 1. The summed E-state index contributed by atoms with van der Waals surface area (Å²) in [6.07, 6.45) is 0. The molecule has 2 rings (SSSR count). The summed E-state index contributed by atoms with van der Waals surface area (Å²) in [5.41, 5.74) is 5.15. The van der Waals surface area contributed by atoms with Crippen molar-refractivity contribution in [3.05, 3.63) is 27.8 Å². The van der Waals surface area contributed by atoms with Gasteiger partial charge >= 0.3 is 0 Å². The molecule has 21 heavy (non-hydrogen) atoms. The number of hydrogen-bond donors (Lipinski definition) is 1. The third-order valence-corrected chi connectivity index (χ3v) is 6.78. The van der Waals surface area contributed by atoms with E-state index >= 15 is 0 Å². The first kappa shape index (κ1) is 18.4. The van der Waals surface area contributed by atoms with Crippen molar-refractivity contribution in [2.24, 2.45) is 0 Å². The SMILES string of the molecule is Cc1c(C)c(C)c(S(=O)(=O)N2CCNCC2)c(C)c1C.Cl. The fraction of sp³-hybridized carbons (Fsp3) is 0.600. The highest BCUT2D eigenvalue weighted by molar-refractivity contribution is 7.89. The van der Waals surface area contributed by atoms with Crippen LogP contribution in [0.3, 0.4) is 0 Å². The first-order valence-corrected chi connectivity index (χ1v) is 8.50. The van der Waals surface area contributed by atoms with E-state index in [0.29, 0.717) is 18.0 Å². The van der Waals surface area contributed by atoms with Gasteiger partial charge in [-0.15, -0.1) is 12.4 Å². The van der Waals surface area contributed by atoms with Crippen molar-refractivity contribution >= 4 is 22.4 Å². The first-order chi connectivity index (χ1) is 9.28. The van der Waals surface area contributed by atoms with Crippen molar-refractivity contribution in [1.82, 2.24) is 9.62 Å². The fourth-order valence-corrected chi connectivity index (χ4v) is 4.87. The van der Waals surface area contributed by atoms with Crippen molar-refractivity contribution in [2.45, 2.75) is 39.5 Å². The highest BCUT2D eigenvalue weighted by Crippen LogP contribution is 2.31. The largest absolute Gasteiger partial charge is 0.314 e. The molecule has 0 aromatic heterocycles. The van der Waals surface area contributed by atoms with E-state index in [2.05, 4.69) is 12.2 Å². The van der Waals surface area contributed by atoms with Gasteiger partial charge < -0.3 is 5.32 Å². The predicted molar refractivity (Wildman–Crippen MR) is 89.0 cm³/mol. The standard InChI is InChI=1S/C15H24N2O2S.ClH/c1-10-11(2)13(4)15(14(5)12(10)3)20(18,19)17-8-6-16-7-9-17;/h16H,6-9H2,1-5H3;1H. The van der Waals surface area contributed by atoms with Gasteiger partial charge in [0.05, 0.1) is 4.90 Å². The molecule has 6 heteroatoms. The van der Waals surface area contributed by atoms with Crippen molar-refractivity contribution in [3.63, 3.8) is 0 Å². The van der Waals surface area contributed by atoms with Crippen LogP contribution in [0.25, 0.3) is 0 Å². The molecule has 1 aromatic rings. The summed E-state index contributed by atoms with van der Waals surface area (Å²) in [6, 6.07) is 0. The second-order valence-corrected chi connectivity index (χ2v) is 7.48. The van der Waals surface area contributed by atoms with E-state index in [1.165, 1.54) is 5.56 Å². The zero-order valence-corrected chi connectivity index (χ0v) is 15.0. The van der Waals surface area contributed by atoms with E-state index in [4.69, 9.17) is 0 Å². The summed E-state index contributed by atoms with van der Waals surface area (Å²) >= 11 is 0. The Morgan fingerprint density at radius 2 is 1.19 bits per heavy atom. The third-order valence-electron chi connectivity index (χ3n) is 4.61. The molecule has 1 aliphatic heterocycles. The molecule has 120 valence electrons. The molecule has 0 aliphatic carbocycles. The monoisotopic (exact) mass is 332 g/mol. The van der Waals surface area contributed by atoms with Crippen molar-refractivity contribution in [1.29, 1.82) is 0 Å². The van der Waals surface area contributed by atoms with Gasteiger partial charge in [0.1, 0.15) is 0 Å². The lowest BCUT2D eigenvalue weighted by Gasteiger charge is -2.29. The van der Waals surface area contributed by atoms with Gasteiger partial charge in [-0.25, -0.2) is 8.42 Å². The summed E-state index contributed by atoms with van der Waals surface area (Å²) in [6.45, 7) is 12.5. The second kappa shape index (κ2) is 6.65. The van der Waals surface area contributed by atoms with E-state index in [-0.39, 0.29) is 12.4 Å². The van der Waals surface area contributed by atoms with Gasteiger partial charge in [0.2, 0.25) is 10.0 Å². The molecule has 1 heterocycles. The summed E-state index contributed by atoms with van der Waals surface area (Å²) in [5, 5.41) is 3.19. The molecule has 0 unspecified atom stereocenters. The van der Waals surface area contributed by atoms with Crippen LogP contribution >= 0.6 is 12.4 Å². The van der Waals surface area contributed by atoms with Gasteiger partial charge in [-0.2, -0.15) is 4.31 Å². The molecule has 1 aromatic carbocycles. The minimum atomic E-state index is -3.39. The Kier molecular flexibility index (Phi) is 5.83. The zero-order valence-electron chi connectivity index (χ0n) is 13.4. The summed E-state index contributed by atoms with van der Waals surface area (Å²) in [7, 11) is -3.39. The minimum absolute atomic E-state index is 0. The topological polar surface area (TPSA) is 49.4 Å². The van der Waals surface area contributed by atoms with Crippen LogP contribution in [0.2, 0.25) is 0 Å². The molecule has 0 saturated carbocycles. The number of rotatable bonds is 2. The van der Waals surface area contributed by atoms with Crippen LogP contribution in [0.5, 0.6) is 0 Å². The van der Waals surface area contributed by atoms with Gasteiger partial charge in [0.15, 0.2) is 0 Å². The van der Waals surface area contributed by atoms with Crippen LogP contribution in [0, 0.1) is 34.6 Å². The van der Waals surface area contributed by atoms with E-state index in [9.17, 15) is 8.42 Å². The molecular formula is C15H25ClN2O2S. The molecule has 0 radical (unpaired) electrons. The van der Waals surface area contributed by atoms with Crippen LogP contribution in [-0.2, 0) is 10.0 Å². The van der Waals surface area contributed by atoms with Crippen LogP contribution in [0.1, 0.15) is 27.8 Å². The van der Waals surface area contributed by atoms with Gasteiger partial charge in [-0.05, 0) is 62.4 Å². The predicted octanol–water partition coefficient (Wildman–Crippen LogP) is 2.24. The number of halogens is 1. The number of nitrogens with zero attached hydrogens (tertiary/aromatic N) is 1. The fourth-order valence-electron chi connectivity index (χ4n) is 2.87. The second-order valence-electron chi connectivity index (χ2n) is 5.61. The maximum Gasteiger partial charge on any atom is 0.243 e. The lowest BCUT2D eigenvalue weighted by Crippen LogP contribution is -2.46. The average Bonchev–Trinajstić information content (AvgIpc) is 2.44. The molecule has 1 fully saturated rings. The molecule has 0 atom stereocenters. The van der Waals surface area contributed by atoms with Crippen LogP contribution < -0.4 is 5.32 Å². The molecule has 4 nitrogen and oxygen atoms in total. The summed E-state index contributed by atoms with van der Waals surface area (Å²) < 4.78 is 27.5. The number of piperazine rings is 1. The van der Waals surface area contributed by atoms with E-state index in [1.54, 1.807) is 4.31 Å². The molecule has 0 amide bonds. The first-order valence-electron chi connectivity index (χ1n) is 7.06. The quantitative estimate of drug-likeness (QED) is 0.903. The Bertz CT molecular complexity index is 607. The number of hydrogen-bond acceptors (Lipinski definition) is 3. The normalized spacial score (nSPS) is 16.6. The Labute approximate surface area is 134 Å². The van der Waals surface area contributed by atoms with Crippen molar-refractivity contribution < 1.29 is 8.42 Å². The maximum absolute atomic E-state index is 12.9. The van der Waals surface area contributed by atoms with E-state index < -0.39 is 10.0 Å². The van der Waals surface area contributed by atoms with Gasteiger partial charge in [0.25, 0.3) is 0 Å². The minimum Gasteiger partial charge on any atom is -0.314 e. The highest BCUT2D eigenvalue weighted by atomic mass is 35.5. The molecule has 1 N–H and O–H groups in total. The highest BCUT2D eigenvalue weighted by Gasteiger charge is 2.30. The smallest absolute Gasteiger partial charge is 0.243 e. The summed E-state index contributed by atoms with van der Waals surface area (Å²) in [5.74, 6) is 0. The number of sulfonamides is 1. The van der Waals surface area contributed by atoms with E-state index in [0.717, 1.165) is 35.3 Å². The van der Waals surface area contributed by atoms with Crippen molar-refractivity contribution in [2.75, 3.05) is 26.2 Å². The Balaban J connectivity index is 0.00000220. The summed E-state index contributed by atoms with van der Waals surface area (Å²) in [4.78, 5) is 0.514. The van der Waals surface area contributed by atoms with Crippen molar-refractivity contribution in [3.8, 4) is 0 Å². The van der Waals surface area contributed by atoms with Gasteiger partial charge in [0, 0.05) is 26.2 Å². The lowest BCUT2D eigenvalue weighted by atomic mass is 9.95. The van der Waals surface area contributed by atoms with Gasteiger partial charge in [-0.1, -0.05) is 0 Å². The van der Waals surface area contributed by atoms with Crippen LogP contribution in [-0.4, -0.2) is 38.9 Å². The van der Waals surface area contributed by atoms with Crippen LogP contribution in [0.4, 0.5) is 0 Å². The Morgan fingerprint density at radius 1 is 0.810 bits per heavy atom. The Hall–Kier alpha value is -0.620. The van der Waals surface area contributed by atoms with E-state index in [1.807, 2.05) is 27.7 Å². The Morgan fingerprint density at radius 3 is 1.62 bits per heavy atom. The molecule has 0 bridgehead atoms. The number of nitrogens with one attached hydrogen (secondary N) is 1.